The van der Waals surface area contributed by atoms with Gasteiger partial charge in [0.05, 0.1) is 0 Å². The average molecular weight is 86.1 g/mol. The molecule has 0 unspecified atom stereocenters. The Bertz CT molecular complexity index is 41.5. The summed E-state index contributed by atoms with van der Waals surface area (Å²) in [4.78, 5) is 8.26. The highest BCUT2D eigenvalue weighted by molar-refractivity contribution is 4.46. The van der Waals surface area contributed by atoms with Crippen molar-refractivity contribution < 1.29 is 9.78 Å². The molecule has 0 N–H and O–H groups in total. The first kappa shape index (κ1) is 5.08. The quantitative estimate of drug-likeness (QED) is 0.222. The molecule has 0 saturated carbocycles. The Morgan fingerprint density at radius 3 is 1.50 bits per heavy atom. The molecule has 0 atom stereocenters. The molecule has 0 aromatic carbocycles. The van der Waals surface area contributed by atoms with E-state index in [-0.39, 0.29) is 0 Å². The zero-order chi connectivity index (χ0) is 4.83. The molecule has 0 radical (unpaired) electrons. The third kappa shape index (κ3) is 3.08. The van der Waals surface area contributed by atoms with E-state index in [2.05, 4.69) is 22.9 Å². The predicted octanol–water partition coefficient (Wildman–Crippen LogP) is 1.22. The average Bonchev–Trinajstić information content (AvgIpc) is 1.61. The molecular weight excluding hydrogens is 80.0 g/mol. The van der Waals surface area contributed by atoms with Crippen LogP contribution in [-0.2, 0) is 9.78 Å². The van der Waals surface area contributed by atoms with Gasteiger partial charge in [-0.25, -0.2) is 0 Å². The van der Waals surface area contributed by atoms with Gasteiger partial charge in [-0.2, -0.15) is 0 Å². The van der Waals surface area contributed by atoms with E-state index in [0.717, 1.165) is 0 Å². The second-order valence-corrected chi connectivity index (χ2v) is 0.526. The first-order valence-corrected chi connectivity index (χ1v) is 1.45. The van der Waals surface area contributed by atoms with Crippen LogP contribution in [0.4, 0.5) is 0 Å². The second-order valence-electron chi connectivity index (χ2n) is 0.526. The number of hydrogen-bond acceptors (Lipinski definition) is 2. The SMILES string of the molecule is C=COOC=C. The summed E-state index contributed by atoms with van der Waals surface area (Å²) in [6.45, 7) is 6.41. The summed E-state index contributed by atoms with van der Waals surface area (Å²) < 4.78 is 0. The zero-order valence-corrected chi connectivity index (χ0v) is 3.39. The van der Waals surface area contributed by atoms with E-state index in [0.29, 0.717) is 0 Å². The summed E-state index contributed by atoms with van der Waals surface area (Å²) in [7, 11) is 0. The summed E-state index contributed by atoms with van der Waals surface area (Å²) in [5.74, 6) is 0. The van der Waals surface area contributed by atoms with Gasteiger partial charge < -0.3 is 0 Å². The standard InChI is InChI=1S/C4H6O2/c1-3-5-6-4-2/h3-4H,1-2H2. The van der Waals surface area contributed by atoms with Crippen LogP contribution < -0.4 is 0 Å². The maximum Gasteiger partial charge on any atom is 0.135 e. The van der Waals surface area contributed by atoms with Crippen molar-refractivity contribution in [2.45, 2.75) is 0 Å². The van der Waals surface area contributed by atoms with Crippen molar-refractivity contribution in [2.24, 2.45) is 0 Å². The van der Waals surface area contributed by atoms with Crippen LogP contribution in [0.2, 0.25) is 0 Å². The minimum absolute atomic E-state index is 1.17. The maximum atomic E-state index is 4.13. The Balaban J connectivity index is 2.66. The fourth-order valence-corrected chi connectivity index (χ4v) is 0.0786. The first-order valence-electron chi connectivity index (χ1n) is 1.45. The van der Waals surface area contributed by atoms with E-state index in [1.807, 2.05) is 0 Å². The predicted molar refractivity (Wildman–Crippen MR) is 22.6 cm³/mol. The van der Waals surface area contributed by atoms with Crippen molar-refractivity contribution in [3.05, 3.63) is 25.7 Å². The molecule has 0 fully saturated rings. The molecule has 0 spiro atoms. The van der Waals surface area contributed by atoms with Crippen LogP contribution in [0.3, 0.4) is 0 Å². The molecule has 0 aliphatic carbocycles. The van der Waals surface area contributed by atoms with Gasteiger partial charge in [-0.1, -0.05) is 13.2 Å². The molecule has 0 heterocycles. The minimum atomic E-state index is 1.17. The Kier molecular flexibility index (Phi) is 3.45. The van der Waals surface area contributed by atoms with E-state index in [4.69, 9.17) is 0 Å². The molecule has 34 valence electrons. The Hall–Kier alpha value is -0.920. The normalized spacial score (nSPS) is 6.00. The summed E-state index contributed by atoms with van der Waals surface area (Å²) in [5.41, 5.74) is 0. The third-order valence-electron chi connectivity index (χ3n) is 0.192. The van der Waals surface area contributed by atoms with E-state index in [1.165, 1.54) is 12.5 Å². The molecule has 0 amide bonds. The molecule has 2 heteroatoms. The summed E-state index contributed by atoms with van der Waals surface area (Å²) >= 11 is 0. The van der Waals surface area contributed by atoms with Gasteiger partial charge in [0.1, 0.15) is 12.5 Å². The van der Waals surface area contributed by atoms with Crippen LogP contribution in [0.15, 0.2) is 25.7 Å². The number of hydrogen-bond donors (Lipinski definition) is 0. The van der Waals surface area contributed by atoms with Gasteiger partial charge in [-0.3, -0.25) is 9.78 Å². The van der Waals surface area contributed by atoms with Crippen molar-refractivity contribution in [3.63, 3.8) is 0 Å². The van der Waals surface area contributed by atoms with Gasteiger partial charge in [-0.15, -0.1) is 0 Å². The summed E-state index contributed by atoms with van der Waals surface area (Å²) in [5, 5.41) is 0. The lowest BCUT2D eigenvalue weighted by atomic mass is 11.2. The molecule has 0 aromatic rings. The van der Waals surface area contributed by atoms with E-state index < -0.39 is 0 Å². The summed E-state index contributed by atoms with van der Waals surface area (Å²) in [6, 6.07) is 0. The van der Waals surface area contributed by atoms with Gasteiger partial charge in [0.25, 0.3) is 0 Å². The van der Waals surface area contributed by atoms with Crippen LogP contribution in [0.1, 0.15) is 0 Å². The van der Waals surface area contributed by atoms with Gasteiger partial charge in [0, 0.05) is 0 Å². The van der Waals surface area contributed by atoms with E-state index >= 15 is 0 Å². The zero-order valence-electron chi connectivity index (χ0n) is 3.39. The van der Waals surface area contributed by atoms with Crippen molar-refractivity contribution >= 4 is 0 Å². The molecule has 0 aliphatic heterocycles. The topological polar surface area (TPSA) is 18.5 Å². The van der Waals surface area contributed by atoms with E-state index in [9.17, 15) is 0 Å². The molecular formula is C4H6O2. The Morgan fingerprint density at radius 2 is 1.33 bits per heavy atom. The van der Waals surface area contributed by atoms with Crippen molar-refractivity contribution in [1.82, 2.24) is 0 Å². The van der Waals surface area contributed by atoms with Crippen molar-refractivity contribution in [2.75, 3.05) is 0 Å². The van der Waals surface area contributed by atoms with Gasteiger partial charge >= 0.3 is 0 Å². The molecule has 2 nitrogen and oxygen atoms in total. The molecule has 0 aliphatic rings. The molecule has 6 heavy (non-hydrogen) atoms. The fraction of sp³-hybridized carbons (Fsp3) is 0. The summed E-state index contributed by atoms with van der Waals surface area (Å²) in [6.07, 6.45) is 2.34. The van der Waals surface area contributed by atoms with E-state index in [1.54, 1.807) is 0 Å². The first-order chi connectivity index (χ1) is 2.91. The molecule has 0 saturated heterocycles. The number of rotatable bonds is 3. The smallest absolute Gasteiger partial charge is 0.135 e. The van der Waals surface area contributed by atoms with Crippen LogP contribution in [0.5, 0.6) is 0 Å². The molecule has 0 bridgehead atoms. The highest BCUT2D eigenvalue weighted by Crippen LogP contribution is 1.73. The van der Waals surface area contributed by atoms with Crippen molar-refractivity contribution in [1.29, 1.82) is 0 Å². The van der Waals surface area contributed by atoms with Crippen LogP contribution in [0, 0.1) is 0 Å². The molecule has 0 rings (SSSR count). The van der Waals surface area contributed by atoms with Crippen molar-refractivity contribution in [3.8, 4) is 0 Å². The fourth-order valence-electron chi connectivity index (χ4n) is 0.0786. The van der Waals surface area contributed by atoms with Crippen LogP contribution >= 0.6 is 0 Å². The lowest BCUT2D eigenvalue weighted by molar-refractivity contribution is -0.194. The lowest BCUT2D eigenvalue weighted by Crippen LogP contribution is -1.70. The van der Waals surface area contributed by atoms with Gasteiger partial charge in [-0.05, 0) is 0 Å². The van der Waals surface area contributed by atoms with Gasteiger partial charge in [0.15, 0.2) is 0 Å². The highest BCUT2D eigenvalue weighted by Gasteiger charge is 1.58. The van der Waals surface area contributed by atoms with Crippen LogP contribution in [-0.4, -0.2) is 0 Å². The second kappa shape index (κ2) is 4.08. The van der Waals surface area contributed by atoms with Crippen LogP contribution in [0.25, 0.3) is 0 Å². The molecule has 0 aromatic heterocycles. The largest absolute Gasteiger partial charge is 0.299 e. The highest BCUT2D eigenvalue weighted by atomic mass is 17.2. The third-order valence-corrected chi connectivity index (χ3v) is 0.192. The lowest BCUT2D eigenvalue weighted by Gasteiger charge is -1.87. The monoisotopic (exact) mass is 86.0 g/mol. The minimum Gasteiger partial charge on any atom is -0.299 e. The Labute approximate surface area is 36.6 Å². The van der Waals surface area contributed by atoms with Gasteiger partial charge in [0.2, 0.25) is 0 Å². The maximum absolute atomic E-state index is 4.13. The Morgan fingerprint density at radius 1 is 1.00 bits per heavy atom.